The lowest BCUT2D eigenvalue weighted by atomic mass is 9.78. The fourth-order valence-corrected chi connectivity index (χ4v) is 7.17. The van der Waals surface area contributed by atoms with E-state index in [0.29, 0.717) is 20.9 Å². The molecular formula is C24H29NO8P2S. The Hall–Kier alpha value is -2.03. The van der Waals surface area contributed by atoms with E-state index >= 15 is 0 Å². The summed E-state index contributed by atoms with van der Waals surface area (Å²) >= 11 is 1.29. The monoisotopic (exact) mass is 553 g/mol. The van der Waals surface area contributed by atoms with Crippen molar-refractivity contribution >= 4 is 38.3 Å². The minimum absolute atomic E-state index is 0.0278. The van der Waals surface area contributed by atoms with E-state index in [2.05, 4.69) is 0 Å². The van der Waals surface area contributed by atoms with Crippen LogP contribution in [0.3, 0.4) is 0 Å². The van der Waals surface area contributed by atoms with Gasteiger partial charge in [-0.05, 0) is 49.9 Å². The van der Waals surface area contributed by atoms with Crippen LogP contribution in [0.1, 0.15) is 24.0 Å². The summed E-state index contributed by atoms with van der Waals surface area (Å²) in [5.74, 6) is 0.242. The molecule has 1 heterocycles. The van der Waals surface area contributed by atoms with Gasteiger partial charge < -0.3 is 34.7 Å². The number of allylic oxidation sites excluding steroid dienone is 2. The summed E-state index contributed by atoms with van der Waals surface area (Å²) in [5, 5.41) is 21.6. The highest BCUT2D eigenvalue weighted by atomic mass is 32.2. The van der Waals surface area contributed by atoms with Crippen molar-refractivity contribution in [3.63, 3.8) is 0 Å². The van der Waals surface area contributed by atoms with Gasteiger partial charge in [-0.25, -0.2) is 0 Å². The second-order valence-corrected chi connectivity index (χ2v) is 13.9. The number of fused-ring (bicyclic) bond motifs is 2. The Kier molecular flexibility index (Phi) is 7.27. The predicted molar refractivity (Wildman–Crippen MR) is 140 cm³/mol. The van der Waals surface area contributed by atoms with Crippen LogP contribution in [0.2, 0.25) is 0 Å². The average Bonchev–Trinajstić information content (AvgIpc) is 2.80. The van der Waals surface area contributed by atoms with Crippen LogP contribution in [0.15, 0.2) is 58.4 Å². The highest BCUT2D eigenvalue weighted by molar-refractivity contribution is 8.00. The van der Waals surface area contributed by atoms with Crippen LogP contribution in [0.4, 0.5) is 11.4 Å². The molecule has 12 heteroatoms. The van der Waals surface area contributed by atoms with E-state index in [1.165, 1.54) is 11.8 Å². The van der Waals surface area contributed by atoms with Crippen LogP contribution in [0.25, 0.3) is 0 Å². The number of anilines is 2. The maximum Gasteiger partial charge on any atom is 0.325 e. The van der Waals surface area contributed by atoms with E-state index in [0.717, 1.165) is 11.4 Å². The molecule has 2 aliphatic rings. The third-order valence-electron chi connectivity index (χ3n) is 6.63. The van der Waals surface area contributed by atoms with Crippen molar-refractivity contribution in [1.82, 2.24) is 0 Å². The van der Waals surface area contributed by atoms with Crippen molar-refractivity contribution in [3.05, 3.63) is 59.7 Å². The topological polar surface area (TPSA) is 159 Å². The Bertz CT molecular complexity index is 1250. The molecular weight excluding hydrogens is 524 g/mol. The molecule has 0 atom stereocenters. The van der Waals surface area contributed by atoms with E-state index in [-0.39, 0.29) is 30.4 Å². The van der Waals surface area contributed by atoms with Gasteiger partial charge >= 0.3 is 15.2 Å². The number of nitrogens with zero attached hydrogens (tertiary/aromatic N) is 1. The first-order valence-electron chi connectivity index (χ1n) is 11.3. The molecule has 0 aromatic heterocycles. The first kappa shape index (κ1) is 27.0. The molecule has 0 bridgehead atoms. The normalized spacial score (nSPS) is 17.2. The minimum atomic E-state index is -4.32. The van der Waals surface area contributed by atoms with Gasteiger partial charge in [-0.3, -0.25) is 9.13 Å². The van der Waals surface area contributed by atoms with Crippen LogP contribution in [0, 0.1) is 19.3 Å². The zero-order chi connectivity index (χ0) is 26.5. The van der Waals surface area contributed by atoms with Crippen molar-refractivity contribution in [2.75, 3.05) is 17.2 Å². The SMILES string of the molecule is Cc1ccc2c(c1O)Sc1c(ccc(C)c1O)N2C1C=CC(CCP(=O)(O)O)(CCP(=O)(O)O)C=C1. The number of phenolic OH excluding ortho intramolecular Hbond substituents is 2. The molecule has 194 valence electrons. The van der Waals surface area contributed by atoms with Gasteiger partial charge in [0, 0.05) is 5.41 Å². The number of rotatable bonds is 7. The molecule has 6 N–H and O–H groups in total. The van der Waals surface area contributed by atoms with E-state index < -0.39 is 32.9 Å². The van der Waals surface area contributed by atoms with E-state index in [4.69, 9.17) is 0 Å². The number of hydrogen-bond donors (Lipinski definition) is 6. The highest BCUT2D eigenvalue weighted by Gasteiger charge is 2.36. The molecule has 1 aliphatic carbocycles. The molecule has 0 spiro atoms. The largest absolute Gasteiger partial charge is 0.506 e. The Labute approximate surface area is 213 Å². The van der Waals surface area contributed by atoms with Crippen LogP contribution in [-0.4, -0.2) is 48.2 Å². The maximum atomic E-state index is 11.6. The lowest BCUT2D eigenvalue weighted by Crippen LogP contribution is -2.33. The number of phenols is 2. The lowest BCUT2D eigenvalue weighted by Gasteiger charge is -2.40. The standard InChI is InChI=1S/C24H29NO8P2S/c1-15-3-5-18-22(20(15)26)36-23-19(6-4-16(2)21(23)27)25(18)17-7-9-24(10-8-17,11-13-34(28,29)30)12-14-35(31,32)33/h3-10,17,26-27H,11-14H2,1-2H3,(H2,28,29,30)(H2,31,32,33). The number of hydrogen-bond acceptors (Lipinski definition) is 6. The van der Waals surface area contributed by atoms with Crippen molar-refractivity contribution in [2.45, 2.75) is 42.5 Å². The number of aromatic hydroxyl groups is 2. The summed E-state index contributed by atoms with van der Waals surface area (Å²) in [6.07, 6.45) is 6.39. The molecule has 2 aromatic carbocycles. The molecule has 2 aromatic rings. The summed E-state index contributed by atoms with van der Waals surface area (Å²) in [6, 6.07) is 7.01. The highest BCUT2D eigenvalue weighted by Crippen LogP contribution is 2.57. The third kappa shape index (κ3) is 5.60. The fourth-order valence-electron chi connectivity index (χ4n) is 4.49. The molecule has 0 saturated heterocycles. The molecule has 0 unspecified atom stereocenters. The summed E-state index contributed by atoms with van der Waals surface area (Å²) < 4.78 is 23.1. The molecule has 0 fully saturated rings. The minimum Gasteiger partial charge on any atom is -0.506 e. The van der Waals surface area contributed by atoms with Crippen molar-refractivity contribution in [3.8, 4) is 11.5 Å². The summed E-state index contributed by atoms with van der Waals surface area (Å²) in [7, 11) is -8.64. The van der Waals surface area contributed by atoms with Crippen LogP contribution in [-0.2, 0) is 9.13 Å². The third-order valence-corrected chi connectivity index (χ3v) is 9.46. The van der Waals surface area contributed by atoms with Gasteiger partial charge in [-0.1, -0.05) is 48.2 Å². The summed E-state index contributed by atoms with van der Waals surface area (Å²) in [4.78, 5) is 40.8. The zero-order valence-corrected chi connectivity index (χ0v) is 22.4. The van der Waals surface area contributed by atoms with Crippen molar-refractivity contribution in [2.24, 2.45) is 5.41 Å². The van der Waals surface area contributed by atoms with Gasteiger partial charge in [0.05, 0.1) is 39.5 Å². The quantitative estimate of drug-likeness (QED) is 0.205. The summed E-state index contributed by atoms with van der Waals surface area (Å²) in [6.45, 7) is 3.59. The number of benzene rings is 2. The van der Waals surface area contributed by atoms with Gasteiger partial charge in [-0.2, -0.15) is 0 Å². The lowest BCUT2D eigenvalue weighted by molar-refractivity contribution is 0.347. The second kappa shape index (κ2) is 9.69. The average molecular weight is 554 g/mol. The summed E-state index contributed by atoms with van der Waals surface area (Å²) in [5.41, 5.74) is 1.92. The Morgan fingerprint density at radius 2 is 1.22 bits per heavy atom. The Balaban J connectivity index is 1.75. The molecule has 4 rings (SSSR count). The fraction of sp³-hybridized carbons (Fsp3) is 0.333. The first-order chi connectivity index (χ1) is 16.7. The van der Waals surface area contributed by atoms with Crippen LogP contribution < -0.4 is 4.90 Å². The zero-order valence-electron chi connectivity index (χ0n) is 19.8. The van der Waals surface area contributed by atoms with E-state index in [9.17, 15) is 38.9 Å². The van der Waals surface area contributed by atoms with Gasteiger partial charge in [-0.15, -0.1) is 0 Å². The van der Waals surface area contributed by atoms with Crippen LogP contribution >= 0.6 is 27.0 Å². The Morgan fingerprint density at radius 1 is 0.806 bits per heavy atom. The molecule has 1 aliphatic heterocycles. The molecule has 0 saturated carbocycles. The Morgan fingerprint density at radius 3 is 1.61 bits per heavy atom. The predicted octanol–water partition coefficient (Wildman–Crippen LogP) is 4.93. The van der Waals surface area contributed by atoms with Gasteiger partial charge in [0.1, 0.15) is 11.5 Å². The smallest absolute Gasteiger partial charge is 0.325 e. The van der Waals surface area contributed by atoms with Gasteiger partial charge in [0.2, 0.25) is 0 Å². The maximum absolute atomic E-state index is 11.6. The molecule has 0 radical (unpaired) electrons. The van der Waals surface area contributed by atoms with Crippen molar-refractivity contribution < 1.29 is 38.9 Å². The molecule has 36 heavy (non-hydrogen) atoms. The first-order valence-corrected chi connectivity index (χ1v) is 15.7. The van der Waals surface area contributed by atoms with Gasteiger partial charge in [0.15, 0.2) is 0 Å². The van der Waals surface area contributed by atoms with Gasteiger partial charge in [0.25, 0.3) is 0 Å². The van der Waals surface area contributed by atoms with Crippen LogP contribution in [0.5, 0.6) is 11.5 Å². The second-order valence-electron chi connectivity index (χ2n) is 9.35. The number of aryl methyl sites for hydroxylation is 2. The molecule has 0 amide bonds. The van der Waals surface area contributed by atoms with E-state index in [1.54, 1.807) is 38.1 Å². The van der Waals surface area contributed by atoms with E-state index in [1.807, 2.05) is 29.2 Å². The van der Waals surface area contributed by atoms with Crippen molar-refractivity contribution in [1.29, 1.82) is 0 Å². The molecule has 9 nitrogen and oxygen atoms in total.